The molecular weight excluding hydrogens is 268 g/mol. The van der Waals surface area contributed by atoms with Gasteiger partial charge in [0.25, 0.3) is 0 Å². The number of rotatable bonds is 3. The van der Waals surface area contributed by atoms with Crippen molar-refractivity contribution in [2.24, 2.45) is 23.7 Å². The van der Waals surface area contributed by atoms with Gasteiger partial charge in [0.2, 0.25) is 0 Å². The molecule has 3 aliphatic rings. The van der Waals surface area contributed by atoms with Crippen molar-refractivity contribution in [2.45, 2.75) is 16.6 Å². The fourth-order valence-corrected chi connectivity index (χ4v) is 5.16. The average molecular weight is 286 g/mol. The van der Waals surface area contributed by atoms with Crippen molar-refractivity contribution in [2.75, 3.05) is 5.75 Å². The molecule has 1 fully saturated rings. The van der Waals surface area contributed by atoms with Crippen molar-refractivity contribution in [3.8, 4) is 0 Å². The Morgan fingerprint density at radius 1 is 0.950 bits per heavy atom. The van der Waals surface area contributed by atoms with Crippen molar-refractivity contribution in [1.82, 2.24) is 0 Å². The maximum Gasteiger partial charge on any atom is 0.0878 e. The summed E-state index contributed by atoms with van der Waals surface area (Å²) < 4.78 is 0. The fourth-order valence-electron chi connectivity index (χ4n) is 4.03. The van der Waals surface area contributed by atoms with Gasteiger partial charge in [0.05, 0.1) is 11.7 Å². The Morgan fingerprint density at radius 3 is 2.15 bits per heavy atom. The first-order valence-corrected chi connectivity index (χ1v) is 8.14. The lowest BCUT2D eigenvalue weighted by molar-refractivity contribution is -0.101. The molecule has 1 aromatic carbocycles. The molecule has 0 amide bonds. The monoisotopic (exact) mass is 286 g/mol. The smallest absolute Gasteiger partial charge is 0.0878 e. The molecule has 0 saturated heterocycles. The summed E-state index contributed by atoms with van der Waals surface area (Å²) in [6, 6.07) is 10.2. The van der Waals surface area contributed by atoms with Crippen LogP contribution in [0, 0.1) is 23.7 Å². The van der Waals surface area contributed by atoms with Gasteiger partial charge < -0.3 is 10.2 Å². The van der Waals surface area contributed by atoms with Crippen LogP contribution < -0.4 is 0 Å². The molecule has 0 heterocycles. The van der Waals surface area contributed by atoms with Gasteiger partial charge in [-0.25, -0.2) is 0 Å². The Morgan fingerprint density at radius 2 is 1.55 bits per heavy atom. The van der Waals surface area contributed by atoms with E-state index in [0.29, 0.717) is 5.75 Å². The number of benzene rings is 1. The highest BCUT2D eigenvalue weighted by Gasteiger charge is 2.59. The summed E-state index contributed by atoms with van der Waals surface area (Å²) in [5.74, 6) is 0.941. The van der Waals surface area contributed by atoms with Crippen LogP contribution >= 0.6 is 11.8 Å². The van der Waals surface area contributed by atoms with Crippen LogP contribution in [0.4, 0.5) is 0 Å². The van der Waals surface area contributed by atoms with Crippen LogP contribution in [-0.2, 0) is 0 Å². The average Bonchev–Trinajstić information content (AvgIpc) is 2.87. The van der Waals surface area contributed by atoms with Crippen LogP contribution in [0.5, 0.6) is 0 Å². The first kappa shape index (κ1) is 12.7. The van der Waals surface area contributed by atoms with Crippen LogP contribution in [0.1, 0.15) is 0 Å². The molecular formula is C17H18O2S. The standard InChI is InChI=1S/C17H18O2S/c18-16-12-6-7-13(16)15-9-8-14(12)17(15,19)10-20-11-4-2-1-3-5-11/h1-9,12-16,18-19H,10H2. The predicted molar refractivity (Wildman–Crippen MR) is 80.4 cm³/mol. The molecule has 104 valence electrons. The number of fused-ring (bicyclic) bond motifs is 6. The largest absolute Gasteiger partial charge is 0.392 e. The maximum absolute atomic E-state index is 11.2. The van der Waals surface area contributed by atoms with Gasteiger partial charge in [-0.05, 0) is 12.1 Å². The number of aliphatic hydroxyl groups is 2. The number of thioether (sulfide) groups is 1. The van der Waals surface area contributed by atoms with Gasteiger partial charge >= 0.3 is 0 Å². The summed E-state index contributed by atoms with van der Waals surface area (Å²) in [5.41, 5.74) is -0.724. The minimum Gasteiger partial charge on any atom is -0.392 e. The van der Waals surface area contributed by atoms with E-state index in [1.54, 1.807) is 11.8 Å². The van der Waals surface area contributed by atoms with Crippen LogP contribution in [0.2, 0.25) is 0 Å². The minimum absolute atomic E-state index is 0.0497. The van der Waals surface area contributed by atoms with E-state index in [-0.39, 0.29) is 29.8 Å². The van der Waals surface area contributed by atoms with E-state index in [2.05, 4.69) is 36.4 Å². The molecule has 1 aromatic rings. The second-order valence-electron chi connectivity index (χ2n) is 6.06. The van der Waals surface area contributed by atoms with Crippen LogP contribution in [0.15, 0.2) is 59.5 Å². The molecule has 0 aromatic heterocycles. The second-order valence-corrected chi connectivity index (χ2v) is 7.11. The van der Waals surface area contributed by atoms with Crippen LogP contribution in [-0.4, -0.2) is 27.7 Å². The number of aliphatic hydroxyl groups excluding tert-OH is 1. The molecule has 2 nitrogen and oxygen atoms in total. The van der Waals surface area contributed by atoms with E-state index in [4.69, 9.17) is 0 Å². The Kier molecular flexibility index (Phi) is 2.85. The van der Waals surface area contributed by atoms with E-state index in [1.165, 1.54) is 4.90 Å². The summed E-state index contributed by atoms with van der Waals surface area (Å²) in [6.45, 7) is 0. The molecule has 4 rings (SSSR count). The lowest BCUT2D eigenvalue weighted by Gasteiger charge is -2.46. The SMILES string of the molecule is OC1C2C=CC1C1C=CC2C1(O)CSc1ccccc1. The van der Waals surface area contributed by atoms with Gasteiger partial charge in [-0.15, -0.1) is 11.8 Å². The fraction of sp³-hybridized carbons (Fsp3) is 0.412. The van der Waals surface area contributed by atoms with Gasteiger partial charge in [-0.3, -0.25) is 0 Å². The molecule has 0 radical (unpaired) electrons. The molecule has 20 heavy (non-hydrogen) atoms. The molecule has 3 aliphatic carbocycles. The predicted octanol–water partition coefficient (Wildman–Crippen LogP) is 2.49. The number of hydrogen-bond acceptors (Lipinski definition) is 3. The number of hydrogen-bond donors (Lipinski definition) is 2. The van der Waals surface area contributed by atoms with E-state index in [1.807, 2.05) is 18.2 Å². The van der Waals surface area contributed by atoms with Crippen LogP contribution in [0.3, 0.4) is 0 Å². The topological polar surface area (TPSA) is 40.5 Å². The Hall–Kier alpha value is -1.03. The maximum atomic E-state index is 11.2. The van der Waals surface area contributed by atoms with Gasteiger partial charge in [0.1, 0.15) is 0 Å². The highest BCUT2D eigenvalue weighted by Crippen LogP contribution is 2.56. The normalized spacial score (nSPS) is 44.2. The molecule has 4 unspecified atom stereocenters. The summed E-state index contributed by atoms with van der Waals surface area (Å²) in [6.07, 6.45) is 8.12. The molecule has 4 atom stereocenters. The van der Waals surface area contributed by atoms with E-state index in [9.17, 15) is 10.2 Å². The molecule has 3 heteroatoms. The third kappa shape index (κ3) is 1.67. The van der Waals surface area contributed by atoms with Crippen molar-refractivity contribution < 1.29 is 10.2 Å². The van der Waals surface area contributed by atoms with Gasteiger partial charge in [-0.2, -0.15) is 0 Å². The third-order valence-electron chi connectivity index (χ3n) is 5.07. The van der Waals surface area contributed by atoms with Crippen molar-refractivity contribution in [1.29, 1.82) is 0 Å². The zero-order valence-corrected chi connectivity index (χ0v) is 11.9. The Balaban J connectivity index is 1.57. The molecule has 1 saturated carbocycles. The third-order valence-corrected chi connectivity index (χ3v) is 6.28. The lowest BCUT2D eigenvalue weighted by Crippen LogP contribution is -2.55. The molecule has 0 spiro atoms. The Labute approximate surface area is 123 Å². The van der Waals surface area contributed by atoms with Gasteiger partial charge in [-0.1, -0.05) is 42.5 Å². The van der Waals surface area contributed by atoms with E-state index in [0.717, 1.165) is 0 Å². The van der Waals surface area contributed by atoms with Crippen LogP contribution in [0.25, 0.3) is 0 Å². The summed E-state index contributed by atoms with van der Waals surface area (Å²) in [5, 5.41) is 21.5. The van der Waals surface area contributed by atoms with Gasteiger partial charge in [0, 0.05) is 34.3 Å². The van der Waals surface area contributed by atoms with Crippen molar-refractivity contribution in [3.05, 3.63) is 54.6 Å². The first-order valence-electron chi connectivity index (χ1n) is 7.15. The molecule has 0 aliphatic heterocycles. The second kappa shape index (κ2) is 4.48. The van der Waals surface area contributed by atoms with E-state index >= 15 is 0 Å². The summed E-state index contributed by atoms with van der Waals surface area (Å²) >= 11 is 1.71. The highest BCUT2D eigenvalue weighted by atomic mass is 32.2. The highest BCUT2D eigenvalue weighted by molar-refractivity contribution is 7.99. The van der Waals surface area contributed by atoms with Crippen molar-refractivity contribution >= 4 is 11.8 Å². The van der Waals surface area contributed by atoms with E-state index < -0.39 is 5.60 Å². The minimum atomic E-state index is -0.724. The first-order chi connectivity index (χ1) is 9.70. The van der Waals surface area contributed by atoms with Gasteiger partial charge in [0.15, 0.2) is 0 Å². The molecule has 2 N–H and O–H groups in total. The lowest BCUT2D eigenvalue weighted by atomic mass is 9.66. The zero-order valence-electron chi connectivity index (χ0n) is 11.1. The quantitative estimate of drug-likeness (QED) is 0.662. The summed E-state index contributed by atoms with van der Waals surface area (Å²) in [7, 11) is 0. The molecule has 4 bridgehead atoms. The summed E-state index contributed by atoms with van der Waals surface area (Å²) in [4.78, 5) is 1.19. The zero-order chi connectivity index (χ0) is 13.7. The Bertz CT molecular complexity index is 542. The van der Waals surface area contributed by atoms with Crippen molar-refractivity contribution in [3.63, 3.8) is 0 Å².